The Morgan fingerprint density at radius 2 is 2.29 bits per heavy atom. The van der Waals surface area contributed by atoms with E-state index in [1.54, 1.807) is 7.05 Å². The van der Waals surface area contributed by atoms with Gasteiger partial charge in [0.25, 0.3) is 0 Å². The molecule has 1 N–H and O–H groups in total. The van der Waals surface area contributed by atoms with Gasteiger partial charge in [-0.1, -0.05) is 12.1 Å². The Hall–Kier alpha value is -0.580. The van der Waals surface area contributed by atoms with Crippen molar-refractivity contribution >= 4 is 11.8 Å². The largest absolute Gasteiger partial charge is 0.314 e. The van der Waals surface area contributed by atoms with Gasteiger partial charge in [-0.2, -0.15) is 5.06 Å². The molecule has 0 saturated carbocycles. The summed E-state index contributed by atoms with van der Waals surface area (Å²) in [6.07, 6.45) is 0. The smallest absolute Gasteiger partial charge is 0.0988 e. The molecule has 0 fully saturated rings. The zero-order valence-electron chi connectivity index (χ0n) is 8.11. The van der Waals surface area contributed by atoms with Crippen LogP contribution in [0.5, 0.6) is 0 Å². The van der Waals surface area contributed by atoms with Gasteiger partial charge in [0.15, 0.2) is 0 Å². The lowest BCUT2D eigenvalue weighted by Gasteiger charge is -2.08. The van der Waals surface area contributed by atoms with Crippen LogP contribution in [-0.2, 0) is 6.54 Å². The summed E-state index contributed by atoms with van der Waals surface area (Å²) in [4.78, 5) is 1.04. The molecule has 14 heavy (non-hydrogen) atoms. The number of thioether (sulfide) groups is 1. The molecule has 0 saturated heterocycles. The van der Waals surface area contributed by atoms with Crippen molar-refractivity contribution < 1.29 is 9.60 Å². The highest BCUT2D eigenvalue weighted by Crippen LogP contribution is 2.19. The van der Waals surface area contributed by atoms with Crippen molar-refractivity contribution in [3.05, 3.63) is 29.8 Å². The number of halogens is 1. The maximum Gasteiger partial charge on any atom is 0.0988 e. The van der Waals surface area contributed by atoms with Crippen LogP contribution in [-0.4, -0.2) is 29.7 Å². The van der Waals surface area contributed by atoms with Gasteiger partial charge in [-0.3, -0.25) is 4.39 Å². The lowest BCUT2D eigenvalue weighted by Crippen LogP contribution is -2.11. The number of benzene rings is 1. The van der Waals surface area contributed by atoms with Gasteiger partial charge in [0.1, 0.15) is 0 Å². The molecule has 0 aliphatic carbocycles. The molecule has 1 rings (SSSR count). The third-order valence-electron chi connectivity index (χ3n) is 1.66. The molecule has 0 bridgehead atoms. The molecule has 0 aliphatic heterocycles. The van der Waals surface area contributed by atoms with Crippen LogP contribution in [0.15, 0.2) is 29.2 Å². The van der Waals surface area contributed by atoms with Gasteiger partial charge >= 0.3 is 0 Å². The van der Waals surface area contributed by atoms with Crippen LogP contribution in [0.4, 0.5) is 4.39 Å². The molecule has 1 aromatic carbocycles. The molecule has 0 amide bonds. The molecular weight excluding hydrogens is 201 g/mol. The van der Waals surface area contributed by atoms with E-state index in [1.165, 1.54) is 11.8 Å². The third kappa shape index (κ3) is 4.09. The molecule has 4 heteroatoms. The first-order chi connectivity index (χ1) is 6.72. The first-order valence-electron chi connectivity index (χ1n) is 4.40. The standard InChI is InChI=1S/C10H14FNOS/c1-12(13)8-9-3-2-4-10(7-9)14-6-5-11/h2-4,7,13H,5-6,8H2,1H3. The second kappa shape index (κ2) is 6.01. The van der Waals surface area contributed by atoms with Gasteiger partial charge in [-0.25, -0.2) is 0 Å². The van der Waals surface area contributed by atoms with E-state index >= 15 is 0 Å². The Kier molecular flexibility index (Phi) is 4.93. The van der Waals surface area contributed by atoms with Crippen molar-refractivity contribution in [3.63, 3.8) is 0 Å². The highest BCUT2D eigenvalue weighted by molar-refractivity contribution is 7.99. The molecule has 0 aromatic heterocycles. The number of hydrogen-bond acceptors (Lipinski definition) is 3. The maximum absolute atomic E-state index is 11.9. The molecule has 0 unspecified atom stereocenters. The first-order valence-corrected chi connectivity index (χ1v) is 5.38. The van der Waals surface area contributed by atoms with Crippen LogP contribution >= 0.6 is 11.8 Å². The lowest BCUT2D eigenvalue weighted by atomic mass is 10.2. The summed E-state index contributed by atoms with van der Waals surface area (Å²) in [7, 11) is 1.60. The van der Waals surface area contributed by atoms with Gasteiger partial charge in [-0.15, -0.1) is 11.8 Å². The van der Waals surface area contributed by atoms with Crippen LogP contribution in [0.25, 0.3) is 0 Å². The second-order valence-electron chi connectivity index (χ2n) is 3.00. The van der Waals surface area contributed by atoms with Crippen molar-refractivity contribution in [2.75, 3.05) is 19.5 Å². The molecule has 0 atom stereocenters. The van der Waals surface area contributed by atoms with Crippen molar-refractivity contribution in [1.29, 1.82) is 0 Å². The quantitative estimate of drug-likeness (QED) is 0.603. The summed E-state index contributed by atoms with van der Waals surface area (Å²) in [5, 5.41) is 10.2. The Morgan fingerprint density at radius 1 is 1.50 bits per heavy atom. The molecule has 1 aromatic rings. The van der Waals surface area contributed by atoms with Gasteiger partial charge in [0.2, 0.25) is 0 Å². The van der Waals surface area contributed by atoms with Crippen molar-refractivity contribution in [3.8, 4) is 0 Å². The van der Waals surface area contributed by atoms with Gasteiger partial charge in [0, 0.05) is 24.2 Å². The summed E-state index contributed by atoms with van der Waals surface area (Å²) in [5.41, 5.74) is 1.03. The summed E-state index contributed by atoms with van der Waals surface area (Å²) in [6, 6.07) is 7.76. The van der Waals surface area contributed by atoms with Crippen LogP contribution in [0.2, 0.25) is 0 Å². The molecular formula is C10H14FNOS. The molecule has 0 radical (unpaired) electrons. The Bertz CT molecular complexity index is 281. The van der Waals surface area contributed by atoms with Crippen molar-refractivity contribution in [1.82, 2.24) is 5.06 Å². The average molecular weight is 215 g/mol. The van der Waals surface area contributed by atoms with E-state index in [4.69, 9.17) is 5.21 Å². The fourth-order valence-corrected chi connectivity index (χ4v) is 1.88. The topological polar surface area (TPSA) is 23.5 Å². The monoisotopic (exact) mass is 215 g/mol. The highest BCUT2D eigenvalue weighted by Gasteiger charge is 1.98. The van der Waals surface area contributed by atoms with Crippen LogP contribution in [0, 0.1) is 0 Å². The van der Waals surface area contributed by atoms with E-state index in [2.05, 4.69) is 0 Å². The summed E-state index contributed by atoms with van der Waals surface area (Å²) < 4.78 is 11.9. The number of hydroxylamine groups is 2. The van der Waals surface area contributed by atoms with Crippen LogP contribution < -0.4 is 0 Å². The second-order valence-corrected chi connectivity index (χ2v) is 4.17. The summed E-state index contributed by atoms with van der Waals surface area (Å²) >= 11 is 1.49. The summed E-state index contributed by atoms with van der Waals surface area (Å²) in [6.45, 7) is 0.179. The van der Waals surface area contributed by atoms with Gasteiger partial charge < -0.3 is 5.21 Å². The SMILES string of the molecule is CN(O)Cc1cccc(SCCF)c1. The minimum atomic E-state index is -0.311. The Labute approximate surface area is 87.7 Å². The zero-order chi connectivity index (χ0) is 10.4. The van der Waals surface area contributed by atoms with Gasteiger partial charge in [-0.05, 0) is 17.7 Å². The number of nitrogens with zero attached hydrogens (tertiary/aromatic N) is 1. The Morgan fingerprint density at radius 3 is 2.93 bits per heavy atom. The van der Waals surface area contributed by atoms with Gasteiger partial charge in [0.05, 0.1) is 6.67 Å². The lowest BCUT2D eigenvalue weighted by molar-refractivity contribution is -0.0731. The van der Waals surface area contributed by atoms with E-state index in [-0.39, 0.29) is 6.67 Å². The zero-order valence-corrected chi connectivity index (χ0v) is 8.93. The van der Waals surface area contributed by atoms with E-state index in [1.807, 2.05) is 24.3 Å². The molecule has 0 heterocycles. The summed E-state index contributed by atoms with van der Waals surface area (Å²) in [5.74, 6) is 0.485. The minimum absolute atomic E-state index is 0.311. The first kappa shape index (κ1) is 11.5. The molecule has 0 aliphatic rings. The van der Waals surface area contributed by atoms with Crippen molar-refractivity contribution in [2.24, 2.45) is 0 Å². The molecule has 0 spiro atoms. The maximum atomic E-state index is 11.9. The van der Waals surface area contributed by atoms with Crippen LogP contribution in [0.1, 0.15) is 5.56 Å². The Balaban J connectivity index is 2.59. The van der Waals surface area contributed by atoms with Crippen LogP contribution in [0.3, 0.4) is 0 Å². The third-order valence-corrected chi connectivity index (χ3v) is 2.60. The normalized spacial score (nSPS) is 10.9. The van der Waals surface area contributed by atoms with E-state index < -0.39 is 0 Å². The predicted octanol–water partition coefficient (Wildman–Crippen LogP) is 2.57. The minimum Gasteiger partial charge on any atom is -0.314 e. The number of alkyl halides is 1. The number of hydrogen-bond donors (Lipinski definition) is 1. The molecule has 2 nitrogen and oxygen atoms in total. The highest BCUT2D eigenvalue weighted by atomic mass is 32.2. The number of rotatable bonds is 5. The van der Waals surface area contributed by atoms with E-state index in [9.17, 15) is 4.39 Å². The van der Waals surface area contributed by atoms with E-state index in [0.29, 0.717) is 12.3 Å². The average Bonchev–Trinajstić information content (AvgIpc) is 2.14. The van der Waals surface area contributed by atoms with Crippen molar-refractivity contribution in [2.45, 2.75) is 11.4 Å². The fourth-order valence-electron chi connectivity index (χ4n) is 1.15. The fraction of sp³-hybridized carbons (Fsp3) is 0.400. The van der Waals surface area contributed by atoms with E-state index in [0.717, 1.165) is 15.5 Å². The molecule has 78 valence electrons. The predicted molar refractivity (Wildman–Crippen MR) is 56.4 cm³/mol.